The second kappa shape index (κ2) is 5.69. The normalized spacial score (nSPS) is 22.1. The minimum atomic E-state index is -0.707. The Morgan fingerprint density at radius 3 is 2.86 bits per heavy atom. The molecular weight excluding hydrogens is 276 g/mol. The lowest BCUT2D eigenvalue weighted by Crippen LogP contribution is -2.49. The van der Waals surface area contributed by atoms with Gasteiger partial charge in [-0.25, -0.2) is 0 Å². The summed E-state index contributed by atoms with van der Waals surface area (Å²) >= 11 is 0. The lowest BCUT2D eigenvalue weighted by Gasteiger charge is -2.39. The highest BCUT2D eigenvalue weighted by Crippen LogP contribution is 2.32. The number of amides is 1. The third-order valence-corrected chi connectivity index (χ3v) is 3.88. The number of aromatic hydroxyl groups is 1. The van der Waals surface area contributed by atoms with Crippen molar-refractivity contribution in [2.24, 2.45) is 0 Å². The molecule has 1 heterocycles. The van der Waals surface area contributed by atoms with Gasteiger partial charge in [0.2, 0.25) is 5.75 Å². The first-order valence-corrected chi connectivity index (χ1v) is 6.69. The monoisotopic (exact) mass is 294 g/mol. The number of carbonyl (C=O) groups excluding carboxylic acids is 1. The topological polar surface area (TPSA) is 92.9 Å². The van der Waals surface area contributed by atoms with E-state index >= 15 is 0 Å². The fourth-order valence-corrected chi connectivity index (χ4v) is 2.57. The van der Waals surface area contributed by atoms with E-state index in [-0.39, 0.29) is 5.56 Å². The van der Waals surface area contributed by atoms with E-state index in [1.54, 1.807) is 12.0 Å². The number of nitrogens with zero attached hydrogens (tertiary/aromatic N) is 2. The Balaban J connectivity index is 2.28. The molecule has 21 heavy (non-hydrogen) atoms. The maximum atomic E-state index is 12.5. The minimum absolute atomic E-state index is 0.0513. The number of phenols is 1. The molecule has 1 amide bonds. The average molecular weight is 294 g/mol. The van der Waals surface area contributed by atoms with Crippen molar-refractivity contribution in [3.8, 4) is 5.75 Å². The summed E-state index contributed by atoms with van der Waals surface area (Å²) in [5.74, 6) is -1.00. The van der Waals surface area contributed by atoms with Crippen molar-refractivity contribution in [3.63, 3.8) is 0 Å². The van der Waals surface area contributed by atoms with Crippen LogP contribution < -0.4 is 0 Å². The van der Waals surface area contributed by atoms with Crippen LogP contribution in [0.1, 0.15) is 30.1 Å². The third-order valence-electron chi connectivity index (χ3n) is 3.88. The van der Waals surface area contributed by atoms with Crippen molar-refractivity contribution in [2.45, 2.75) is 25.4 Å². The Labute approximate surface area is 122 Å². The summed E-state index contributed by atoms with van der Waals surface area (Å²) in [6, 6.07) is 3.95. The number of rotatable bonds is 3. The van der Waals surface area contributed by atoms with Crippen molar-refractivity contribution in [1.29, 1.82) is 0 Å². The van der Waals surface area contributed by atoms with E-state index < -0.39 is 27.9 Å². The zero-order valence-corrected chi connectivity index (χ0v) is 12.0. The van der Waals surface area contributed by atoms with E-state index in [4.69, 9.17) is 4.74 Å². The van der Waals surface area contributed by atoms with E-state index in [2.05, 4.69) is 0 Å². The fourth-order valence-electron chi connectivity index (χ4n) is 2.57. The quantitative estimate of drug-likeness (QED) is 0.679. The molecule has 1 aromatic carbocycles. The molecule has 1 unspecified atom stereocenters. The first-order chi connectivity index (χ1) is 9.88. The van der Waals surface area contributed by atoms with Crippen LogP contribution in [-0.2, 0) is 4.74 Å². The predicted molar refractivity (Wildman–Crippen MR) is 75.3 cm³/mol. The molecule has 1 N–H and O–H groups in total. The summed E-state index contributed by atoms with van der Waals surface area (Å²) in [7, 11) is 1.60. The van der Waals surface area contributed by atoms with E-state index in [0.717, 1.165) is 12.8 Å². The molecule has 2 rings (SSSR count). The molecule has 7 nitrogen and oxygen atoms in total. The van der Waals surface area contributed by atoms with Gasteiger partial charge in [0.05, 0.1) is 16.1 Å². The van der Waals surface area contributed by atoms with Crippen LogP contribution in [0.5, 0.6) is 5.75 Å². The van der Waals surface area contributed by atoms with Gasteiger partial charge in [-0.3, -0.25) is 14.9 Å². The number of carbonyl (C=O) groups is 1. The minimum Gasteiger partial charge on any atom is -0.502 e. The van der Waals surface area contributed by atoms with E-state index in [1.165, 1.54) is 18.2 Å². The Kier molecular flexibility index (Phi) is 4.13. The van der Waals surface area contributed by atoms with Gasteiger partial charge in [0.1, 0.15) is 0 Å². The van der Waals surface area contributed by atoms with Gasteiger partial charge in [-0.2, -0.15) is 0 Å². The van der Waals surface area contributed by atoms with Crippen LogP contribution in [0.15, 0.2) is 18.2 Å². The molecular formula is C14H18N2O5. The molecule has 0 spiro atoms. The SMILES string of the molecule is COC1(C)CCCN(C(=O)c2cccc([N+](=O)[O-])c2O)C1. The Morgan fingerprint density at radius 2 is 2.24 bits per heavy atom. The molecule has 1 atom stereocenters. The van der Waals surface area contributed by atoms with E-state index in [0.29, 0.717) is 13.1 Å². The molecule has 0 radical (unpaired) electrons. The number of phenolic OH excluding ortho intramolecular Hbond substituents is 1. The van der Waals surface area contributed by atoms with Crippen LogP contribution in [0.3, 0.4) is 0 Å². The van der Waals surface area contributed by atoms with Crippen LogP contribution in [0.4, 0.5) is 5.69 Å². The molecule has 1 aliphatic heterocycles. The number of hydrogen-bond acceptors (Lipinski definition) is 5. The number of ether oxygens (including phenoxy) is 1. The van der Waals surface area contributed by atoms with Crippen molar-refractivity contribution < 1.29 is 19.6 Å². The van der Waals surface area contributed by atoms with Crippen LogP contribution in [0.2, 0.25) is 0 Å². The van der Waals surface area contributed by atoms with Crippen LogP contribution in [0, 0.1) is 10.1 Å². The number of hydrogen-bond donors (Lipinski definition) is 1. The summed E-state index contributed by atoms with van der Waals surface area (Å²) in [5.41, 5.74) is -0.943. The lowest BCUT2D eigenvalue weighted by molar-refractivity contribution is -0.385. The van der Waals surface area contributed by atoms with Crippen molar-refractivity contribution in [1.82, 2.24) is 4.90 Å². The maximum absolute atomic E-state index is 12.5. The largest absolute Gasteiger partial charge is 0.502 e. The second-order valence-corrected chi connectivity index (χ2v) is 5.41. The molecule has 7 heteroatoms. The lowest BCUT2D eigenvalue weighted by atomic mass is 9.94. The Morgan fingerprint density at radius 1 is 1.52 bits per heavy atom. The predicted octanol–water partition coefficient (Wildman–Crippen LogP) is 1.94. The van der Waals surface area contributed by atoms with E-state index in [1.807, 2.05) is 6.92 Å². The number of methoxy groups -OCH3 is 1. The smallest absolute Gasteiger partial charge is 0.311 e. The molecule has 0 saturated carbocycles. The van der Waals surface area contributed by atoms with Crippen LogP contribution in [0.25, 0.3) is 0 Å². The zero-order valence-electron chi connectivity index (χ0n) is 12.0. The van der Waals surface area contributed by atoms with Gasteiger partial charge in [-0.05, 0) is 25.8 Å². The highest BCUT2D eigenvalue weighted by atomic mass is 16.6. The van der Waals surface area contributed by atoms with Gasteiger partial charge < -0.3 is 14.7 Å². The van der Waals surface area contributed by atoms with Gasteiger partial charge in [0.15, 0.2) is 0 Å². The number of likely N-dealkylation sites (tertiary alicyclic amines) is 1. The zero-order chi connectivity index (χ0) is 15.6. The summed E-state index contributed by atoms with van der Waals surface area (Å²) in [4.78, 5) is 24.2. The highest BCUT2D eigenvalue weighted by Gasteiger charge is 2.34. The third kappa shape index (κ3) is 2.97. The summed E-state index contributed by atoms with van der Waals surface area (Å²) < 4.78 is 5.42. The van der Waals surface area contributed by atoms with Gasteiger partial charge in [-0.1, -0.05) is 6.07 Å². The number of piperidine rings is 1. The Hall–Kier alpha value is -2.15. The molecule has 1 aromatic rings. The molecule has 1 aliphatic rings. The summed E-state index contributed by atoms with van der Waals surface area (Å²) in [5, 5.41) is 20.8. The summed E-state index contributed by atoms with van der Waals surface area (Å²) in [6.45, 7) is 2.85. The number of nitro benzene ring substituents is 1. The second-order valence-electron chi connectivity index (χ2n) is 5.41. The summed E-state index contributed by atoms with van der Waals surface area (Å²) in [6.07, 6.45) is 1.62. The van der Waals surface area contributed by atoms with Gasteiger partial charge in [0, 0.05) is 26.3 Å². The van der Waals surface area contributed by atoms with Crippen molar-refractivity contribution >= 4 is 11.6 Å². The average Bonchev–Trinajstić information content (AvgIpc) is 2.46. The van der Waals surface area contributed by atoms with Gasteiger partial charge >= 0.3 is 5.69 Å². The molecule has 0 bridgehead atoms. The first-order valence-electron chi connectivity index (χ1n) is 6.69. The maximum Gasteiger partial charge on any atom is 0.311 e. The fraction of sp³-hybridized carbons (Fsp3) is 0.500. The van der Waals surface area contributed by atoms with Crippen LogP contribution >= 0.6 is 0 Å². The molecule has 114 valence electrons. The van der Waals surface area contributed by atoms with Crippen LogP contribution in [-0.4, -0.2) is 46.6 Å². The molecule has 1 fully saturated rings. The Bertz CT molecular complexity index is 574. The molecule has 0 aromatic heterocycles. The van der Waals surface area contributed by atoms with Gasteiger partial charge in [0.25, 0.3) is 5.91 Å². The number of nitro groups is 1. The van der Waals surface area contributed by atoms with Crippen molar-refractivity contribution in [2.75, 3.05) is 20.2 Å². The number of benzene rings is 1. The van der Waals surface area contributed by atoms with E-state index in [9.17, 15) is 20.0 Å². The standard InChI is InChI=1S/C14H18N2O5/c1-14(21-2)7-4-8-15(9-14)13(18)10-5-3-6-11(12(10)17)16(19)20/h3,5-6,17H,4,7-9H2,1-2H3. The highest BCUT2D eigenvalue weighted by molar-refractivity contribution is 5.98. The first kappa shape index (κ1) is 15.2. The molecule has 0 aliphatic carbocycles. The van der Waals surface area contributed by atoms with Gasteiger partial charge in [-0.15, -0.1) is 0 Å². The number of para-hydroxylation sites is 1. The molecule has 1 saturated heterocycles. The van der Waals surface area contributed by atoms with Crippen molar-refractivity contribution in [3.05, 3.63) is 33.9 Å².